The predicted octanol–water partition coefficient (Wildman–Crippen LogP) is 2.26. The number of benzene rings is 1. The normalized spacial score (nSPS) is 17.8. The number of nitrogens with two attached hydrogens (primary N) is 1. The second-order valence-electron chi connectivity index (χ2n) is 5.81. The summed E-state index contributed by atoms with van der Waals surface area (Å²) in [5.74, 6) is -0.917. The molecule has 1 aliphatic rings. The van der Waals surface area contributed by atoms with Crippen LogP contribution in [0.2, 0.25) is 0 Å². The number of aryl methyl sites for hydroxylation is 1. The predicted molar refractivity (Wildman–Crippen MR) is 76.0 cm³/mol. The van der Waals surface area contributed by atoms with Crippen LogP contribution >= 0.6 is 0 Å². The van der Waals surface area contributed by atoms with Crippen LogP contribution in [0.25, 0.3) is 0 Å². The van der Waals surface area contributed by atoms with E-state index in [2.05, 4.69) is 12.2 Å². The van der Waals surface area contributed by atoms with Crippen LogP contribution in [-0.4, -0.2) is 25.7 Å². The summed E-state index contributed by atoms with van der Waals surface area (Å²) in [6.07, 6.45) is 1.79. The fourth-order valence-corrected chi connectivity index (χ4v) is 2.39. The Morgan fingerprint density at radius 1 is 1.45 bits per heavy atom. The molecule has 3 N–H and O–H groups in total. The highest BCUT2D eigenvalue weighted by molar-refractivity contribution is 5.95. The first-order valence-electron chi connectivity index (χ1n) is 6.83. The van der Waals surface area contributed by atoms with Crippen LogP contribution in [0, 0.1) is 18.2 Å². The van der Waals surface area contributed by atoms with Gasteiger partial charge in [0.05, 0.1) is 5.56 Å². The molecule has 5 heteroatoms. The first-order valence-corrected chi connectivity index (χ1v) is 6.83. The number of ether oxygens (including phenoxy) is 1. The van der Waals surface area contributed by atoms with Gasteiger partial charge in [-0.05, 0) is 42.9 Å². The Kier molecular flexibility index (Phi) is 4.28. The number of halogens is 1. The van der Waals surface area contributed by atoms with Crippen molar-refractivity contribution in [3.8, 4) is 0 Å². The molecule has 4 nitrogen and oxygen atoms in total. The minimum Gasteiger partial charge on any atom is -0.399 e. The quantitative estimate of drug-likeness (QED) is 0.835. The first-order chi connectivity index (χ1) is 9.41. The van der Waals surface area contributed by atoms with Gasteiger partial charge in [0.1, 0.15) is 5.82 Å². The summed E-state index contributed by atoms with van der Waals surface area (Å²) in [7, 11) is 0. The van der Waals surface area contributed by atoms with Crippen LogP contribution in [-0.2, 0) is 4.74 Å². The van der Waals surface area contributed by atoms with Crippen molar-refractivity contribution >= 4 is 11.6 Å². The molecule has 0 unspecified atom stereocenters. The zero-order chi connectivity index (χ0) is 14.8. The minimum atomic E-state index is -0.506. The number of nitrogens with one attached hydrogen (secondary N) is 1. The summed E-state index contributed by atoms with van der Waals surface area (Å²) < 4.78 is 19.3. The maximum absolute atomic E-state index is 14.0. The molecule has 1 heterocycles. The van der Waals surface area contributed by atoms with Crippen LogP contribution in [0.15, 0.2) is 12.1 Å². The Labute approximate surface area is 118 Å². The molecule has 0 spiro atoms. The zero-order valence-electron chi connectivity index (χ0n) is 12.0. The number of rotatable bonds is 3. The molecule has 1 aromatic carbocycles. The lowest BCUT2D eigenvalue weighted by molar-refractivity contribution is 0.0238. The molecular formula is C15H21FN2O2. The summed E-state index contributed by atoms with van der Waals surface area (Å²) in [6, 6.07) is 2.90. The average Bonchev–Trinajstić information content (AvgIpc) is 2.41. The number of amides is 1. The molecule has 0 saturated carbocycles. The van der Waals surface area contributed by atoms with Gasteiger partial charge in [0.25, 0.3) is 5.91 Å². The van der Waals surface area contributed by atoms with E-state index in [0.29, 0.717) is 31.0 Å². The van der Waals surface area contributed by atoms with E-state index in [1.807, 2.05) is 0 Å². The van der Waals surface area contributed by atoms with Crippen molar-refractivity contribution in [2.45, 2.75) is 26.7 Å². The summed E-state index contributed by atoms with van der Waals surface area (Å²) in [6.45, 7) is 5.64. The SMILES string of the molecule is Cc1cc(N)cc(C(=O)NCC2(C)CCOCC2)c1F. The first kappa shape index (κ1) is 14.8. The second-order valence-corrected chi connectivity index (χ2v) is 5.81. The van der Waals surface area contributed by atoms with Gasteiger partial charge in [-0.25, -0.2) is 4.39 Å². The standard InChI is InChI=1S/C15H21FN2O2/c1-10-7-11(17)8-12(13(10)16)14(19)18-9-15(2)3-5-20-6-4-15/h7-8H,3-6,9,17H2,1-2H3,(H,18,19). The third-order valence-electron chi connectivity index (χ3n) is 3.90. The number of anilines is 1. The molecule has 1 saturated heterocycles. The van der Waals surface area contributed by atoms with Crippen molar-refractivity contribution in [1.82, 2.24) is 5.32 Å². The molecule has 0 atom stereocenters. The second kappa shape index (κ2) is 5.79. The Hall–Kier alpha value is -1.62. The van der Waals surface area contributed by atoms with Gasteiger partial charge in [-0.15, -0.1) is 0 Å². The third kappa shape index (κ3) is 3.28. The van der Waals surface area contributed by atoms with Gasteiger partial charge in [0.15, 0.2) is 0 Å². The average molecular weight is 280 g/mol. The van der Waals surface area contributed by atoms with Gasteiger partial charge in [0, 0.05) is 25.4 Å². The summed E-state index contributed by atoms with van der Waals surface area (Å²) in [5.41, 5.74) is 6.47. The molecule has 0 bridgehead atoms. The van der Waals surface area contributed by atoms with Crippen molar-refractivity contribution in [2.75, 3.05) is 25.5 Å². The number of hydrogen-bond donors (Lipinski definition) is 2. The van der Waals surface area contributed by atoms with Crippen molar-refractivity contribution in [2.24, 2.45) is 5.41 Å². The van der Waals surface area contributed by atoms with Gasteiger partial charge in [-0.2, -0.15) is 0 Å². The van der Waals surface area contributed by atoms with E-state index in [4.69, 9.17) is 10.5 Å². The molecular weight excluding hydrogens is 259 g/mol. The van der Waals surface area contributed by atoms with Crippen LogP contribution in [0.5, 0.6) is 0 Å². The van der Waals surface area contributed by atoms with Crippen LogP contribution < -0.4 is 11.1 Å². The molecule has 1 aromatic rings. The summed E-state index contributed by atoms with van der Waals surface area (Å²) >= 11 is 0. The molecule has 110 valence electrons. The number of hydrogen-bond acceptors (Lipinski definition) is 3. The van der Waals surface area contributed by atoms with Gasteiger partial charge in [-0.1, -0.05) is 6.92 Å². The Balaban J connectivity index is 2.05. The highest BCUT2D eigenvalue weighted by Gasteiger charge is 2.28. The fourth-order valence-electron chi connectivity index (χ4n) is 2.39. The number of nitrogen functional groups attached to an aromatic ring is 1. The lowest BCUT2D eigenvalue weighted by atomic mass is 9.82. The minimum absolute atomic E-state index is 0.0122. The third-order valence-corrected chi connectivity index (χ3v) is 3.90. The van der Waals surface area contributed by atoms with E-state index < -0.39 is 11.7 Å². The monoisotopic (exact) mass is 280 g/mol. The van der Waals surface area contributed by atoms with Crippen molar-refractivity contribution in [3.63, 3.8) is 0 Å². The van der Waals surface area contributed by atoms with E-state index in [1.165, 1.54) is 12.1 Å². The largest absolute Gasteiger partial charge is 0.399 e. The molecule has 20 heavy (non-hydrogen) atoms. The Morgan fingerprint density at radius 3 is 2.75 bits per heavy atom. The molecule has 0 aliphatic carbocycles. The molecule has 1 amide bonds. The molecule has 2 rings (SSSR count). The van der Waals surface area contributed by atoms with Crippen LogP contribution in [0.3, 0.4) is 0 Å². The van der Waals surface area contributed by atoms with Crippen LogP contribution in [0.4, 0.5) is 10.1 Å². The summed E-state index contributed by atoms with van der Waals surface area (Å²) in [4.78, 5) is 12.1. The van der Waals surface area contributed by atoms with Gasteiger partial charge >= 0.3 is 0 Å². The van der Waals surface area contributed by atoms with Crippen LogP contribution in [0.1, 0.15) is 35.7 Å². The highest BCUT2D eigenvalue weighted by atomic mass is 19.1. The topological polar surface area (TPSA) is 64.4 Å². The van der Waals surface area contributed by atoms with E-state index in [0.717, 1.165) is 12.8 Å². The lowest BCUT2D eigenvalue weighted by Crippen LogP contribution is -2.39. The Bertz CT molecular complexity index is 511. The number of carbonyl (C=O) groups is 1. The Morgan fingerprint density at radius 2 is 2.10 bits per heavy atom. The van der Waals surface area contributed by atoms with Crippen molar-refractivity contribution in [1.29, 1.82) is 0 Å². The number of carbonyl (C=O) groups excluding carboxylic acids is 1. The fraction of sp³-hybridized carbons (Fsp3) is 0.533. The van der Waals surface area contributed by atoms with E-state index >= 15 is 0 Å². The molecule has 1 aliphatic heterocycles. The molecule has 0 aromatic heterocycles. The maximum atomic E-state index is 14.0. The smallest absolute Gasteiger partial charge is 0.254 e. The van der Waals surface area contributed by atoms with E-state index in [1.54, 1.807) is 6.92 Å². The lowest BCUT2D eigenvalue weighted by Gasteiger charge is -2.33. The molecule has 0 radical (unpaired) electrons. The van der Waals surface area contributed by atoms with E-state index in [9.17, 15) is 9.18 Å². The van der Waals surface area contributed by atoms with Gasteiger partial charge < -0.3 is 15.8 Å². The van der Waals surface area contributed by atoms with Crippen molar-refractivity contribution in [3.05, 3.63) is 29.1 Å². The van der Waals surface area contributed by atoms with E-state index in [-0.39, 0.29) is 11.0 Å². The van der Waals surface area contributed by atoms with Gasteiger partial charge in [-0.3, -0.25) is 4.79 Å². The molecule has 1 fully saturated rings. The maximum Gasteiger partial charge on any atom is 0.254 e. The van der Waals surface area contributed by atoms with Gasteiger partial charge in [0.2, 0.25) is 0 Å². The zero-order valence-corrected chi connectivity index (χ0v) is 12.0. The summed E-state index contributed by atoms with van der Waals surface area (Å²) in [5, 5.41) is 2.81. The highest BCUT2D eigenvalue weighted by Crippen LogP contribution is 2.28. The van der Waals surface area contributed by atoms with Crippen molar-refractivity contribution < 1.29 is 13.9 Å².